The van der Waals surface area contributed by atoms with Crippen molar-refractivity contribution in [1.29, 1.82) is 0 Å². The number of benzene rings is 1. The van der Waals surface area contributed by atoms with Crippen LogP contribution in [-0.4, -0.2) is 52.8 Å². The van der Waals surface area contributed by atoms with Crippen molar-refractivity contribution >= 4 is 11.8 Å². The molecule has 5 heteroatoms. The molecule has 1 aromatic carbocycles. The van der Waals surface area contributed by atoms with E-state index in [1.807, 2.05) is 18.7 Å². The van der Waals surface area contributed by atoms with E-state index in [1.165, 1.54) is 5.56 Å². The van der Waals surface area contributed by atoms with Gasteiger partial charge in [-0.15, -0.1) is 0 Å². The summed E-state index contributed by atoms with van der Waals surface area (Å²) >= 11 is 0. The molecule has 25 heavy (non-hydrogen) atoms. The highest BCUT2D eigenvalue weighted by atomic mass is 16.2. The molecule has 0 aliphatic carbocycles. The van der Waals surface area contributed by atoms with Crippen molar-refractivity contribution in [3.63, 3.8) is 0 Å². The van der Waals surface area contributed by atoms with Crippen LogP contribution in [0.1, 0.15) is 27.0 Å². The summed E-state index contributed by atoms with van der Waals surface area (Å²) in [6, 6.07) is 9.73. The van der Waals surface area contributed by atoms with Crippen molar-refractivity contribution in [2.24, 2.45) is 0 Å². The normalized spacial score (nSPS) is 14.5. The van der Waals surface area contributed by atoms with Crippen LogP contribution in [-0.2, 0) is 11.2 Å². The van der Waals surface area contributed by atoms with Crippen molar-refractivity contribution in [2.75, 3.05) is 26.2 Å². The molecule has 5 nitrogen and oxygen atoms in total. The highest BCUT2D eigenvalue weighted by Gasteiger charge is 2.25. The van der Waals surface area contributed by atoms with E-state index in [2.05, 4.69) is 23.2 Å². The Morgan fingerprint density at radius 3 is 2.44 bits per heavy atom. The minimum Gasteiger partial charge on any atom is -0.339 e. The Morgan fingerprint density at radius 2 is 1.76 bits per heavy atom. The number of amides is 2. The molecule has 0 spiro atoms. The Balaban J connectivity index is 1.57. The zero-order valence-corrected chi connectivity index (χ0v) is 14.7. The van der Waals surface area contributed by atoms with E-state index < -0.39 is 0 Å². The molecule has 2 amide bonds. The van der Waals surface area contributed by atoms with E-state index in [0.29, 0.717) is 38.2 Å². The van der Waals surface area contributed by atoms with Gasteiger partial charge in [-0.3, -0.25) is 14.6 Å². The summed E-state index contributed by atoms with van der Waals surface area (Å²) in [7, 11) is 0. The first kappa shape index (κ1) is 17.1. The Hall–Kier alpha value is -2.69. The second kappa shape index (κ2) is 7.47. The van der Waals surface area contributed by atoms with Gasteiger partial charge >= 0.3 is 0 Å². The van der Waals surface area contributed by atoms with E-state index >= 15 is 0 Å². The number of piperazine rings is 1. The lowest BCUT2D eigenvalue weighted by Crippen LogP contribution is -2.51. The molecule has 2 heterocycles. The van der Waals surface area contributed by atoms with Crippen LogP contribution in [0.25, 0.3) is 0 Å². The van der Waals surface area contributed by atoms with Gasteiger partial charge in [0, 0.05) is 38.6 Å². The van der Waals surface area contributed by atoms with E-state index in [9.17, 15) is 9.59 Å². The van der Waals surface area contributed by atoms with Crippen molar-refractivity contribution in [3.05, 3.63) is 65.0 Å². The summed E-state index contributed by atoms with van der Waals surface area (Å²) in [4.78, 5) is 32.7. The quantitative estimate of drug-likeness (QED) is 0.863. The summed E-state index contributed by atoms with van der Waals surface area (Å²) in [6.07, 6.45) is 3.66. The highest BCUT2D eigenvalue weighted by molar-refractivity contribution is 5.94. The number of hydrogen-bond donors (Lipinski definition) is 0. The van der Waals surface area contributed by atoms with E-state index in [0.717, 1.165) is 11.1 Å². The first-order valence-corrected chi connectivity index (χ1v) is 8.58. The van der Waals surface area contributed by atoms with Crippen molar-refractivity contribution < 1.29 is 9.59 Å². The fourth-order valence-corrected chi connectivity index (χ4v) is 3.10. The fraction of sp³-hybridized carbons (Fsp3) is 0.350. The summed E-state index contributed by atoms with van der Waals surface area (Å²) in [6.45, 7) is 6.35. The summed E-state index contributed by atoms with van der Waals surface area (Å²) in [5, 5.41) is 0. The number of carbonyl (C=O) groups is 2. The molecular weight excluding hydrogens is 314 g/mol. The Labute approximate surface area is 148 Å². The Kier molecular flexibility index (Phi) is 5.12. The van der Waals surface area contributed by atoms with Crippen LogP contribution in [0.5, 0.6) is 0 Å². The minimum atomic E-state index is -0.0188. The molecule has 0 bridgehead atoms. The lowest BCUT2D eigenvalue weighted by Gasteiger charge is -2.35. The van der Waals surface area contributed by atoms with Gasteiger partial charge in [-0.1, -0.05) is 23.8 Å². The second-order valence-corrected chi connectivity index (χ2v) is 6.52. The lowest BCUT2D eigenvalue weighted by atomic mass is 10.0. The van der Waals surface area contributed by atoms with E-state index in [-0.39, 0.29) is 11.8 Å². The molecular formula is C20H23N3O2. The monoisotopic (exact) mass is 337 g/mol. The molecule has 3 rings (SSSR count). The molecule has 2 aromatic rings. The Morgan fingerprint density at radius 1 is 1.04 bits per heavy atom. The van der Waals surface area contributed by atoms with Crippen LogP contribution in [0.15, 0.2) is 42.7 Å². The zero-order chi connectivity index (χ0) is 17.8. The summed E-state index contributed by atoms with van der Waals surface area (Å²) in [5.41, 5.74) is 3.99. The van der Waals surface area contributed by atoms with Crippen molar-refractivity contribution in [1.82, 2.24) is 14.8 Å². The number of hydrogen-bond acceptors (Lipinski definition) is 3. The first-order valence-electron chi connectivity index (χ1n) is 8.58. The SMILES string of the molecule is Cc1ccc(C)c(CC(=O)N2CCN(C(=O)c3cccnc3)CC2)c1. The van der Waals surface area contributed by atoms with Gasteiger partial charge in [-0.2, -0.15) is 0 Å². The molecule has 0 N–H and O–H groups in total. The second-order valence-electron chi connectivity index (χ2n) is 6.52. The van der Waals surface area contributed by atoms with Crippen LogP contribution in [0.4, 0.5) is 0 Å². The van der Waals surface area contributed by atoms with Crippen LogP contribution in [0, 0.1) is 13.8 Å². The molecule has 0 atom stereocenters. The molecule has 1 fully saturated rings. The maximum Gasteiger partial charge on any atom is 0.255 e. The van der Waals surface area contributed by atoms with Gasteiger partial charge in [-0.25, -0.2) is 0 Å². The molecule has 130 valence electrons. The van der Waals surface area contributed by atoms with Gasteiger partial charge in [0.25, 0.3) is 5.91 Å². The topological polar surface area (TPSA) is 53.5 Å². The summed E-state index contributed by atoms with van der Waals surface area (Å²) in [5.74, 6) is 0.108. The van der Waals surface area contributed by atoms with Crippen molar-refractivity contribution in [2.45, 2.75) is 20.3 Å². The number of aryl methyl sites for hydroxylation is 2. The van der Waals surface area contributed by atoms with Gasteiger partial charge in [-0.05, 0) is 37.1 Å². The van der Waals surface area contributed by atoms with Gasteiger partial charge < -0.3 is 9.80 Å². The number of nitrogens with zero attached hydrogens (tertiary/aromatic N) is 3. The molecule has 1 saturated heterocycles. The van der Waals surface area contributed by atoms with Gasteiger partial charge in [0.15, 0.2) is 0 Å². The number of pyridine rings is 1. The molecule has 0 radical (unpaired) electrons. The van der Waals surface area contributed by atoms with Crippen LogP contribution < -0.4 is 0 Å². The van der Waals surface area contributed by atoms with E-state index in [4.69, 9.17) is 0 Å². The van der Waals surface area contributed by atoms with E-state index in [1.54, 1.807) is 29.4 Å². The van der Waals surface area contributed by atoms with Gasteiger partial charge in [0.05, 0.1) is 12.0 Å². The third-order valence-electron chi connectivity index (χ3n) is 4.67. The number of rotatable bonds is 3. The fourth-order valence-electron chi connectivity index (χ4n) is 3.10. The predicted octanol–water partition coefficient (Wildman–Crippen LogP) is 2.23. The maximum atomic E-state index is 12.6. The largest absolute Gasteiger partial charge is 0.339 e. The lowest BCUT2D eigenvalue weighted by molar-refractivity contribution is -0.131. The van der Waals surface area contributed by atoms with Gasteiger partial charge in [0.2, 0.25) is 5.91 Å². The van der Waals surface area contributed by atoms with Crippen LogP contribution in [0.2, 0.25) is 0 Å². The third kappa shape index (κ3) is 4.05. The zero-order valence-electron chi connectivity index (χ0n) is 14.7. The number of carbonyl (C=O) groups excluding carboxylic acids is 2. The van der Waals surface area contributed by atoms with Crippen LogP contribution in [0.3, 0.4) is 0 Å². The van der Waals surface area contributed by atoms with Crippen LogP contribution >= 0.6 is 0 Å². The number of aromatic nitrogens is 1. The van der Waals surface area contributed by atoms with Crippen molar-refractivity contribution in [3.8, 4) is 0 Å². The minimum absolute atomic E-state index is 0.0188. The average Bonchev–Trinajstić information content (AvgIpc) is 2.65. The summed E-state index contributed by atoms with van der Waals surface area (Å²) < 4.78 is 0. The molecule has 1 aromatic heterocycles. The van der Waals surface area contributed by atoms with Gasteiger partial charge in [0.1, 0.15) is 0 Å². The molecule has 0 saturated carbocycles. The third-order valence-corrected chi connectivity index (χ3v) is 4.67. The average molecular weight is 337 g/mol. The Bertz CT molecular complexity index is 766. The predicted molar refractivity (Wildman–Crippen MR) is 96.3 cm³/mol. The highest BCUT2D eigenvalue weighted by Crippen LogP contribution is 2.14. The molecule has 1 aliphatic heterocycles. The maximum absolute atomic E-state index is 12.6. The first-order chi connectivity index (χ1) is 12.0. The molecule has 1 aliphatic rings. The molecule has 0 unspecified atom stereocenters. The smallest absolute Gasteiger partial charge is 0.255 e. The standard InChI is InChI=1S/C20H23N3O2/c1-15-5-6-16(2)18(12-15)13-19(24)22-8-10-23(11-9-22)20(25)17-4-3-7-21-14-17/h3-7,12,14H,8-11,13H2,1-2H3.